The predicted molar refractivity (Wildman–Crippen MR) is 152 cm³/mol. The molecule has 0 spiro atoms. The molecule has 2 unspecified atom stereocenters. The van der Waals surface area contributed by atoms with Gasteiger partial charge in [-0.2, -0.15) is 0 Å². The van der Waals surface area contributed by atoms with Gasteiger partial charge in [-0.25, -0.2) is 10.5 Å². The summed E-state index contributed by atoms with van der Waals surface area (Å²) in [6, 6.07) is 18.8. The molecule has 3 saturated heterocycles. The van der Waals surface area contributed by atoms with Crippen LogP contribution in [0.25, 0.3) is 22.6 Å². The number of epoxide rings is 1. The molecule has 11 nitrogen and oxygen atoms in total. The Morgan fingerprint density at radius 3 is 2.66 bits per heavy atom. The van der Waals surface area contributed by atoms with Crippen molar-refractivity contribution in [1.82, 2.24) is 19.8 Å². The number of piperazine rings is 1. The molecule has 1 amide bonds. The Morgan fingerprint density at radius 2 is 1.85 bits per heavy atom. The van der Waals surface area contributed by atoms with E-state index >= 15 is 0 Å². The maximum Gasteiger partial charge on any atom is 0.272 e. The summed E-state index contributed by atoms with van der Waals surface area (Å²) >= 11 is 0. The van der Waals surface area contributed by atoms with E-state index in [2.05, 4.69) is 19.9 Å². The summed E-state index contributed by atoms with van der Waals surface area (Å²) in [5.41, 5.74) is 11.9. The molecule has 3 aliphatic heterocycles. The van der Waals surface area contributed by atoms with Gasteiger partial charge >= 0.3 is 0 Å². The quantitative estimate of drug-likeness (QED) is 0.153. The number of carbonyl (C=O) groups is 1. The summed E-state index contributed by atoms with van der Waals surface area (Å²) in [5, 5.41) is 11.7. The number of piperidine rings is 1. The van der Waals surface area contributed by atoms with Gasteiger partial charge in [0.05, 0.1) is 6.04 Å². The van der Waals surface area contributed by atoms with Crippen molar-refractivity contribution in [2.45, 2.75) is 31.2 Å². The van der Waals surface area contributed by atoms with Crippen molar-refractivity contribution in [3.05, 3.63) is 78.1 Å². The molecular formula is C30H30N8O3. The van der Waals surface area contributed by atoms with E-state index in [0.717, 1.165) is 36.2 Å². The first-order chi connectivity index (χ1) is 20.1. The Balaban J connectivity index is 1.06. The van der Waals surface area contributed by atoms with Crippen LogP contribution in [-0.2, 0) is 4.74 Å². The SMILES string of the molecule is N=NC(=N)[C@@H](c1ccccc1)N1CCN(C(=O)c2cc(-c3nc4cc(N5CCCC6OC65)ccc4o3)ccn2)CC1. The van der Waals surface area contributed by atoms with E-state index in [1.165, 1.54) is 0 Å². The standard InChI is InChI=1S/C30H30N8O3/c31-27(35-32)26(19-5-2-1-3-6-19)36-13-15-37(16-14-36)29(39)23-17-20(10-11-33-23)28-34-22-18-21(8-9-24(22)40-28)38-12-4-7-25-30(38)41-25/h1-3,5-6,8-11,17-18,25-26,30-32H,4,7,12-16H2/t25?,26-,30?/m1/s1. The molecule has 2 N–H and O–H groups in total. The maximum atomic E-state index is 13.4. The van der Waals surface area contributed by atoms with Crippen molar-refractivity contribution < 1.29 is 13.9 Å². The van der Waals surface area contributed by atoms with Gasteiger partial charge in [0.15, 0.2) is 17.6 Å². The van der Waals surface area contributed by atoms with Gasteiger partial charge in [0.2, 0.25) is 5.89 Å². The zero-order chi connectivity index (χ0) is 27.9. The fraction of sp³-hybridized carbons (Fsp3) is 0.333. The number of amides is 1. The van der Waals surface area contributed by atoms with Gasteiger partial charge in [0.25, 0.3) is 5.91 Å². The number of nitrogens with zero attached hydrogens (tertiary/aromatic N) is 6. The number of ether oxygens (including phenoxy) is 1. The molecular weight excluding hydrogens is 520 g/mol. The Morgan fingerprint density at radius 1 is 1.02 bits per heavy atom. The van der Waals surface area contributed by atoms with Gasteiger partial charge in [-0.15, -0.1) is 5.11 Å². The van der Waals surface area contributed by atoms with Crippen LogP contribution in [0.15, 0.2) is 76.4 Å². The fourth-order valence-electron chi connectivity index (χ4n) is 5.97. The van der Waals surface area contributed by atoms with Crippen molar-refractivity contribution >= 4 is 28.5 Å². The number of benzene rings is 2. The zero-order valence-electron chi connectivity index (χ0n) is 22.4. The first kappa shape index (κ1) is 25.5. The number of fused-ring (bicyclic) bond motifs is 2. The Hall–Kier alpha value is -4.48. The molecule has 3 atom stereocenters. The second-order valence-corrected chi connectivity index (χ2v) is 10.6. The number of amidine groups is 1. The molecule has 4 aromatic rings. The highest BCUT2D eigenvalue weighted by Crippen LogP contribution is 2.38. The molecule has 2 aromatic heterocycles. The van der Waals surface area contributed by atoms with Crippen molar-refractivity contribution in [2.24, 2.45) is 5.11 Å². The first-order valence-corrected chi connectivity index (χ1v) is 13.9. The van der Waals surface area contributed by atoms with Gasteiger partial charge in [-0.3, -0.25) is 20.1 Å². The minimum absolute atomic E-state index is 0.0169. The highest BCUT2D eigenvalue weighted by atomic mass is 16.6. The summed E-state index contributed by atoms with van der Waals surface area (Å²) in [7, 11) is 0. The molecule has 5 heterocycles. The van der Waals surface area contributed by atoms with Crippen LogP contribution in [0, 0.1) is 10.9 Å². The summed E-state index contributed by atoms with van der Waals surface area (Å²) in [4.78, 5) is 28.7. The van der Waals surface area contributed by atoms with Crippen molar-refractivity contribution in [1.29, 1.82) is 10.9 Å². The number of aromatic nitrogens is 2. The van der Waals surface area contributed by atoms with E-state index < -0.39 is 6.04 Å². The van der Waals surface area contributed by atoms with E-state index in [-0.39, 0.29) is 18.0 Å². The number of nitrogens with one attached hydrogen (secondary N) is 2. The van der Waals surface area contributed by atoms with Crippen molar-refractivity contribution in [3.8, 4) is 11.5 Å². The summed E-state index contributed by atoms with van der Waals surface area (Å²) in [6.45, 7) is 3.04. The van der Waals surface area contributed by atoms with Gasteiger partial charge in [0.1, 0.15) is 17.3 Å². The zero-order valence-corrected chi connectivity index (χ0v) is 22.4. The van der Waals surface area contributed by atoms with E-state index in [1.54, 1.807) is 23.2 Å². The van der Waals surface area contributed by atoms with Gasteiger partial charge in [-0.1, -0.05) is 30.3 Å². The molecule has 0 radical (unpaired) electrons. The van der Waals surface area contributed by atoms with E-state index in [0.29, 0.717) is 55.0 Å². The summed E-state index contributed by atoms with van der Waals surface area (Å²) in [6.07, 6.45) is 4.37. The lowest BCUT2D eigenvalue weighted by Gasteiger charge is -2.38. The van der Waals surface area contributed by atoms with Crippen LogP contribution in [0.5, 0.6) is 0 Å². The molecule has 3 aliphatic rings. The highest BCUT2D eigenvalue weighted by molar-refractivity contribution is 5.93. The molecule has 208 valence electrons. The number of rotatable bonds is 6. The number of oxazole rings is 1. The minimum Gasteiger partial charge on any atom is -0.436 e. The lowest BCUT2D eigenvalue weighted by molar-refractivity contribution is 0.0606. The number of hydrogen-bond donors (Lipinski definition) is 2. The topological polar surface area (TPSA) is 138 Å². The number of pyridine rings is 1. The average molecular weight is 551 g/mol. The van der Waals surface area contributed by atoms with Crippen LogP contribution < -0.4 is 4.90 Å². The Kier molecular flexibility index (Phi) is 6.52. The van der Waals surface area contributed by atoms with Crippen LogP contribution in [0.1, 0.15) is 34.9 Å². The third kappa shape index (κ3) is 4.87. The molecule has 7 rings (SSSR count). The van der Waals surface area contributed by atoms with Crippen LogP contribution in [0.2, 0.25) is 0 Å². The van der Waals surface area contributed by atoms with Crippen LogP contribution in [0.4, 0.5) is 5.69 Å². The lowest BCUT2D eigenvalue weighted by atomic mass is 10.0. The van der Waals surface area contributed by atoms with Gasteiger partial charge in [0, 0.05) is 50.2 Å². The second-order valence-electron chi connectivity index (χ2n) is 10.6. The molecule has 0 saturated carbocycles. The van der Waals surface area contributed by atoms with Gasteiger partial charge in [-0.05, 0) is 48.7 Å². The number of carbonyl (C=O) groups excluding carboxylic acids is 1. The Labute approximate surface area is 236 Å². The average Bonchev–Trinajstić information content (AvgIpc) is 3.71. The molecule has 3 fully saturated rings. The van der Waals surface area contributed by atoms with E-state index in [9.17, 15) is 4.79 Å². The fourth-order valence-corrected chi connectivity index (χ4v) is 5.97. The van der Waals surface area contributed by atoms with Crippen LogP contribution >= 0.6 is 0 Å². The summed E-state index contributed by atoms with van der Waals surface area (Å²) < 4.78 is 11.9. The largest absolute Gasteiger partial charge is 0.436 e. The molecule has 0 bridgehead atoms. The minimum atomic E-state index is -0.416. The predicted octanol–water partition coefficient (Wildman–Crippen LogP) is 4.72. The van der Waals surface area contributed by atoms with Gasteiger partial charge < -0.3 is 19.0 Å². The van der Waals surface area contributed by atoms with Crippen LogP contribution in [-0.4, -0.2) is 76.6 Å². The van der Waals surface area contributed by atoms with Crippen LogP contribution in [0.3, 0.4) is 0 Å². The van der Waals surface area contributed by atoms with Crippen molar-refractivity contribution in [2.75, 3.05) is 37.6 Å². The Bertz CT molecular complexity index is 1610. The number of anilines is 1. The van der Waals surface area contributed by atoms with Crippen molar-refractivity contribution in [3.63, 3.8) is 0 Å². The third-order valence-corrected chi connectivity index (χ3v) is 8.14. The molecule has 11 heteroatoms. The number of hydrogen-bond acceptors (Lipinski definition) is 9. The summed E-state index contributed by atoms with van der Waals surface area (Å²) in [5.74, 6) is 0.267. The second kappa shape index (κ2) is 10.5. The maximum absolute atomic E-state index is 13.4. The third-order valence-electron chi connectivity index (χ3n) is 8.14. The molecule has 0 aliphatic carbocycles. The van der Waals surface area contributed by atoms with E-state index in [4.69, 9.17) is 25.1 Å². The molecule has 2 aromatic carbocycles. The monoisotopic (exact) mass is 550 g/mol. The lowest BCUT2D eigenvalue weighted by Crippen LogP contribution is -2.50. The normalized spacial score (nSPS) is 21.4. The van der Waals surface area contributed by atoms with E-state index in [1.807, 2.05) is 48.5 Å². The highest BCUT2D eigenvalue weighted by Gasteiger charge is 2.46. The molecule has 41 heavy (non-hydrogen) atoms. The smallest absolute Gasteiger partial charge is 0.272 e. The first-order valence-electron chi connectivity index (χ1n) is 13.9.